The number of hydrogen-bond acceptors (Lipinski definition) is 2. The van der Waals surface area contributed by atoms with Gasteiger partial charge in [0.05, 0.1) is 0 Å². The van der Waals surface area contributed by atoms with Gasteiger partial charge in [-0.1, -0.05) is 38.5 Å². The molecule has 0 saturated heterocycles. The largest absolute Gasteiger partial charge is 0.508 e. The fourth-order valence-corrected chi connectivity index (χ4v) is 1.71. The van der Waals surface area contributed by atoms with E-state index in [1.54, 1.807) is 6.07 Å². The molecule has 2 heteroatoms. The molecule has 2 N–H and O–H groups in total. The van der Waals surface area contributed by atoms with Crippen molar-refractivity contribution in [2.75, 3.05) is 6.54 Å². The van der Waals surface area contributed by atoms with Crippen molar-refractivity contribution in [2.45, 2.75) is 33.2 Å². The van der Waals surface area contributed by atoms with Crippen molar-refractivity contribution in [2.24, 2.45) is 5.92 Å². The molecule has 1 atom stereocenters. The third-order valence-electron chi connectivity index (χ3n) is 2.58. The average molecular weight is 207 g/mol. The molecule has 0 heterocycles. The third-order valence-corrected chi connectivity index (χ3v) is 2.58. The van der Waals surface area contributed by atoms with Crippen LogP contribution in [0.5, 0.6) is 5.75 Å². The van der Waals surface area contributed by atoms with Crippen molar-refractivity contribution in [1.29, 1.82) is 0 Å². The van der Waals surface area contributed by atoms with Gasteiger partial charge in [0.1, 0.15) is 5.75 Å². The molecular weight excluding hydrogens is 186 g/mol. The smallest absolute Gasteiger partial charge is 0.120 e. The molecule has 0 aliphatic heterocycles. The molecule has 1 aromatic rings. The number of phenolic OH excluding ortho intramolecular Hbond substituents is 1. The lowest BCUT2D eigenvalue weighted by atomic mass is 10.1. The van der Waals surface area contributed by atoms with Crippen molar-refractivity contribution < 1.29 is 5.11 Å². The number of aromatic hydroxyl groups is 1. The number of nitrogens with one attached hydrogen (secondary N) is 1. The van der Waals surface area contributed by atoms with Crippen LogP contribution < -0.4 is 5.32 Å². The van der Waals surface area contributed by atoms with Crippen LogP contribution in [0.1, 0.15) is 32.3 Å². The summed E-state index contributed by atoms with van der Waals surface area (Å²) in [6.45, 7) is 6.23. The van der Waals surface area contributed by atoms with Crippen molar-refractivity contribution in [3.05, 3.63) is 29.8 Å². The van der Waals surface area contributed by atoms with Crippen LogP contribution in [0.4, 0.5) is 0 Å². The summed E-state index contributed by atoms with van der Waals surface area (Å²) < 4.78 is 0. The first-order valence-corrected chi connectivity index (χ1v) is 5.71. The van der Waals surface area contributed by atoms with E-state index in [1.165, 1.54) is 12.8 Å². The van der Waals surface area contributed by atoms with Crippen molar-refractivity contribution in [1.82, 2.24) is 5.32 Å². The number of para-hydroxylation sites is 1. The lowest BCUT2D eigenvalue weighted by molar-refractivity contribution is 0.450. The van der Waals surface area contributed by atoms with Crippen LogP contribution in [0.2, 0.25) is 0 Å². The SMILES string of the molecule is CCCC(C)CNCc1ccccc1O. The average Bonchev–Trinajstić information content (AvgIpc) is 2.21. The van der Waals surface area contributed by atoms with Crippen molar-refractivity contribution >= 4 is 0 Å². The van der Waals surface area contributed by atoms with E-state index >= 15 is 0 Å². The maximum atomic E-state index is 9.54. The van der Waals surface area contributed by atoms with E-state index in [2.05, 4.69) is 19.2 Å². The second-order valence-electron chi connectivity index (χ2n) is 4.15. The minimum Gasteiger partial charge on any atom is -0.508 e. The molecule has 0 aromatic heterocycles. The maximum Gasteiger partial charge on any atom is 0.120 e. The Morgan fingerprint density at radius 3 is 2.73 bits per heavy atom. The van der Waals surface area contributed by atoms with Crippen LogP contribution in [0.3, 0.4) is 0 Å². The molecule has 1 unspecified atom stereocenters. The van der Waals surface area contributed by atoms with Crippen LogP contribution in [0.15, 0.2) is 24.3 Å². The molecule has 0 aliphatic carbocycles. The van der Waals surface area contributed by atoms with E-state index in [1.807, 2.05) is 18.2 Å². The lowest BCUT2D eigenvalue weighted by Crippen LogP contribution is -2.20. The number of benzene rings is 1. The van der Waals surface area contributed by atoms with Gasteiger partial charge in [0.15, 0.2) is 0 Å². The van der Waals surface area contributed by atoms with E-state index < -0.39 is 0 Å². The van der Waals surface area contributed by atoms with Gasteiger partial charge >= 0.3 is 0 Å². The van der Waals surface area contributed by atoms with Crippen LogP contribution >= 0.6 is 0 Å². The van der Waals surface area contributed by atoms with Gasteiger partial charge in [-0.2, -0.15) is 0 Å². The fraction of sp³-hybridized carbons (Fsp3) is 0.538. The van der Waals surface area contributed by atoms with E-state index in [0.717, 1.165) is 18.7 Å². The highest BCUT2D eigenvalue weighted by Gasteiger charge is 2.02. The summed E-state index contributed by atoms with van der Waals surface area (Å²) in [7, 11) is 0. The molecule has 0 amide bonds. The van der Waals surface area contributed by atoms with Gasteiger partial charge in [0.2, 0.25) is 0 Å². The van der Waals surface area contributed by atoms with Crippen molar-refractivity contribution in [3.63, 3.8) is 0 Å². The summed E-state index contributed by atoms with van der Waals surface area (Å²) in [5.41, 5.74) is 0.973. The monoisotopic (exact) mass is 207 g/mol. The fourth-order valence-electron chi connectivity index (χ4n) is 1.71. The zero-order chi connectivity index (χ0) is 11.1. The summed E-state index contributed by atoms with van der Waals surface area (Å²) in [5, 5.41) is 12.9. The molecule has 2 nitrogen and oxygen atoms in total. The molecule has 0 radical (unpaired) electrons. The Morgan fingerprint density at radius 2 is 2.07 bits per heavy atom. The molecule has 1 rings (SSSR count). The van der Waals surface area contributed by atoms with Gasteiger partial charge in [-0.05, 0) is 24.9 Å². The van der Waals surface area contributed by atoms with E-state index in [0.29, 0.717) is 11.7 Å². The van der Waals surface area contributed by atoms with Gasteiger partial charge in [0.25, 0.3) is 0 Å². The summed E-state index contributed by atoms with van der Waals surface area (Å²) in [5.74, 6) is 1.09. The van der Waals surface area contributed by atoms with Gasteiger partial charge in [0, 0.05) is 12.1 Å². The Bertz CT molecular complexity index is 286. The normalized spacial score (nSPS) is 12.7. The molecule has 15 heavy (non-hydrogen) atoms. The summed E-state index contributed by atoms with van der Waals surface area (Å²) >= 11 is 0. The quantitative estimate of drug-likeness (QED) is 0.751. The topological polar surface area (TPSA) is 32.3 Å². The first kappa shape index (κ1) is 12.1. The molecule has 0 fully saturated rings. The predicted octanol–water partition coefficient (Wildman–Crippen LogP) is 2.92. The number of rotatable bonds is 6. The molecule has 0 bridgehead atoms. The second-order valence-corrected chi connectivity index (χ2v) is 4.15. The molecule has 0 aliphatic rings. The minimum atomic E-state index is 0.383. The predicted molar refractivity (Wildman–Crippen MR) is 63.9 cm³/mol. The van der Waals surface area contributed by atoms with Crippen LogP contribution in [-0.4, -0.2) is 11.7 Å². The Morgan fingerprint density at radius 1 is 1.33 bits per heavy atom. The molecule has 0 saturated carbocycles. The highest BCUT2D eigenvalue weighted by Crippen LogP contribution is 2.15. The highest BCUT2D eigenvalue weighted by atomic mass is 16.3. The Labute approximate surface area is 92.3 Å². The minimum absolute atomic E-state index is 0.383. The van der Waals surface area contributed by atoms with Gasteiger partial charge in [-0.3, -0.25) is 0 Å². The lowest BCUT2D eigenvalue weighted by Gasteiger charge is -2.11. The first-order valence-electron chi connectivity index (χ1n) is 5.71. The number of phenols is 1. The van der Waals surface area contributed by atoms with E-state index in [9.17, 15) is 5.11 Å². The zero-order valence-electron chi connectivity index (χ0n) is 9.66. The molecule has 0 spiro atoms. The first-order chi connectivity index (χ1) is 7.24. The third kappa shape index (κ3) is 4.34. The number of hydrogen-bond donors (Lipinski definition) is 2. The van der Waals surface area contributed by atoms with Crippen LogP contribution in [-0.2, 0) is 6.54 Å². The summed E-state index contributed by atoms with van der Waals surface area (Å²) in [4.78, 5) is 0. The van der Waals surface area contributed by atoms with Gasteiger partial charge in [-0.25, -0.2) is 0 Å². The van der Waals surface area contributed by atoms with Crippen LogP contribution in [0.25, 0.3) is 0 Å². The Kier molecular flexibility index (Phi) is 5.19. The Balaban J connectivity index is 2.29. The Hall–Kier alpha value is -1.02. The van der Waals surface area contributed by atoms with Gasteiger partial charge < -0.3 is 10.4 Å². The standard InChI is InChI=1S/C13H21NO/c1-3-6-11(2)9-14-10-12-7-4-5-8-13(12)15/h4-5,7-8,11,14-15H,3,6,9-10H2,1-2H3. The zero-order valence-corrected chi connectivity index (χ0v) is 9.66. The maximum absolute atomic E-state index is 9.54. The highest BCUT2D eigenvalue weighted by molar-refractivity contribution is 5.31. The van der Waals surface area contributed by atoms with Gasteiger partial charge in [-0.15, -0.1) is 0 Å². The summed E-state index contributed by atoms with van der Waals surface area (Å²) in [6.07, 6.45) is 2.49. The van der Waals surface area contributed by atoms with E-state index in [4.69, 9.17) is 0 Å². The molecule has 1 aromatic carbocycles. The second kappa shape index (κ2) is 6.46. The summed E-state index contributed by atoms with van der Waals surface area (Å²) in [6, 6.07) is 7.48. The van der Waals surface area contributed by atoms with E-state index in [-0.39, 0.29) is 0 Å². The van der Waals surface area contributed by atoms with Crippen molar-refractivity contribution in [3.8, 4) is 5.75 Å². The molecule has 84 valence electrons. The van der Waals surface area contributed by atoms with Crippen LogP contribution in [0, 0.1) is 5.92 Å². The molecular formula is C13H21NO.